The minimum Gasteiger partial charge on any atom is -0.276 e. The molecule has 16 heavy (non-hydrogen) atoms. The fourth-order valence-corrected chi connectivity index (χ4v) is 1.90. The van der Waals surface area contributed by atoms with Gasteiger partial charge in [-0.3, -0.25) is 9.36 Å². The molecule has 0 bridgehead atoms. The molecule has 0 spiro atoms. The van der Waals surface area contributed by atoms with Crippen molar-refractivity contribution in [2.24, 2.45) is 11.3 Å². The number of aromatic nitrogens is 2. The molecule has 0 radical (unpaired) electrons. The fourth-order valence-electron chi connectivity index (χ4n) is 1.90. The van der Waals surface area contributed by atoms with Crippen molar-refractivity contribution in [3.63, 3.8) is 0 Å². The predicted molar refractivity (Wildman–Crippen MR) is 65.3 cm³/mol. The van der Waals surface area contributed by atoms with Crippen LogP contribution in [0.5, 0.6) is 0 Å². The Labute approximate surface area is 97.9 Å². The first-order valence-corrected chi connectivity index (χ1v) is 5.99. The zero-order chi connectivity index (χ0) is 12.2. The van der Waals surface area contributed by atoms with Crippen LogP contribution in [0, 0.1) is 11.3 Å². The Morgan fingerprint density at radius 2 is 2.12 bits per heavy atom. The third-order valence-corrected chi connectivity index (χ3v) is 2.95. The average molecular weight is 222 g/mol. The maximum atomic E-state index is 12.3. The summed E-state index contributed by atoms with van der Waals surface area (Å²) in [6.45, 7) is 8.54. The van der Waals surface area contributed by atoms with Crippen LogP contribution < -0.4 is 0 Å². The van der Waals surface area contributed by atoms with Crippen molar-refractivity contribution in [1.29, 1.82) is 0 Å². The van der Waals surface area contributed by atoms with Crippen LogP contribution in [0.1, 0.15) is 51.8 Å². The molecule has 0 N–H and O–H groups in total. The molecule has 0 saturated carbocycles. The molecule has 0 saturated heterocycles. The van der Waals surface area contributed by atoms with E-state index in [9.17, 15) is 4.79 Å². The van der Waals surface area contributed by atoms with Gasteiger partial charge in [0.2, 0.25) is 5.91 Å². The van der Waals surface area contributed by atoms with E-state index in [2.05, 4.69) is 32.7 Å². The van der Waals surface area contributed by atoms with Crippen LogP contribution in [-0.4, -0.2) is 15.5 Å². The van der Waals surface area contributed by atoms with Crippen molar-refractivity contribution in [2.75, 3.05) is 0 Å². The topological polar surface area (TPSA) is 34.9 Å². The predicted octanol–water partition coefficient (Wildman–Crippen LogP) is 3.38. The molecule has 0 aliphatic carbocycles. The van der Waals surface area contributed by atoms with Gasteiger partial charge < -0.3 is 0 Å². The quantitative estimate of drug-likeness (QED) is 0.782. The largest absolute Gasteiger partial charge is 0.276 e. The number of nitrogens with zero attached hydrogens (tertiary/aromatic N) is 2. The normalized spacial score (nSPS) is 13.8. The minimum atomic E-state index is 0.0104. The van der Waals surface area contributed by atoms with Gasteiger partial charge >= 0.3 is 0 Å². The molecule has 0 aliphatic rings. The summed E-state index contributed by atoms with van der Waals surface area (Å²) in [6.07, 6.45) is 8.15. The standard InChI is InChI=1S/C13H22N2O/c1-5-6-7-11(13(2,3)4)12(16)15-9-8-14-10-15/h8-11H,5-7H2,1-4H3. The van der Waals surface area contributed by atoms with Crippen molar-refractivity contribution in [1.82, 2.24) is 9.55 Å². The van der Waals surface area contributed by atoms with Crippen molar-refractivity contribution in [2.45, 2.75) is 47.0 Å². The van der Waals surface area contributed by atoms with Crippen LogP contribution in [-0.2, 0) is 0 Å². The Hall–Kier alpha value is -1.12. The second-order valence-electron chi connectivity index (χ2n) is 5.37. The molecule has 1 unspecified atom stereocenters. The lowest BCUT2D eigenvalue weighted by atomic mass is 9.77. The summed E-state index contributed by atoms with van der Waals surface area (Å²) < 4.78 is 1.60. The van der Waals surface area contributed by atoms with E-state index in [0.717, 1.165) is 19.3 Å². The van der Waals surface area contributed by atoms with Gasteiger partial charge in [-0.05, 0) is 11.8 Å². The van der Waals surface area contributed by atoms with E-state index in [1.54, 1.807) is 23.3 Å². The highest BCUT2D eigenvalue weighted by Crippen LogP contribution is 2.31. The van der Waals surface area contributed by atoms with E-state index in [1.807, 2.05) is 0 Å². The molecule has 1 atom stereocenters. The third-order valence-electron chi connectivity index (χ3n) is 2.95. The summed E-state index contributed by atoms with van der Waals surface area (Å²) in [7, 11) is 0. The lowest BCUT2D eigenvalue weighted by Gasteiger charge is -2.29. The average Bonchev–Trinajstić information content (AvgIpc) is 2.68. The fraction of sp³-hybridized carbons (Fsp3) is 0.692. The van der Waals surface area contributed by atoms with Crippen LogP contribution in [0.25, 0.3) is 0 Å². The van der Waals surface area contributed by atoms with Crippen LogP contribution in [0.15, 0.2) is 18.7 Å². The second-order valence-corrected chi connectivity index (χ2v) is 5.37. The minimum absolute atomic E-state index is 0.0104. The Morgan fingerprint density at radius 3 is 2.56 bits per heavy atom. The molecule has 90 valence electrons. The Balaban J connectivity index is 2.81. The van der Waals surface area contributed by atoms with Gasteiger partial charge in [0.25, 0.3) is 0 Å². The Kier molecular flexibility index (Phi) is 4.27. The van der Waals surface area contributed by atoms with E-state index in [1.165, 1.54) is 0 Å². The number of unbranched alkanes of at least 4 members (excludes halogenated alkanes) is 1. The molecular formula is C13H22N2O. The molecule has 1 rings (SSSR count). The molecule has 1 heterocycles. The number of rotatable bonds is 4. The highest BCUT2D eigenvalue weighted by molar-refractivity contribution is 5.81. The zero-order valence-electron chi connectivity index (χ0n) is 10.7. The lowest BCUT2D eigenvalue weighted by molar-refractivity contribution is 0.0707. The van der Waals surface area contributed by atoms with Gasteiger partial charge in [-0.25, -0.2) is 4.98 Å². The maximum absolute atomic E-state index is 12.3. The molecular weight excluding hydrogens is 200 g/mol. The van der Waals surface area contributed by atoms with Gasteiger partial charge in [0, 0.05) is 18.3 Å². The first-order valence-electron chi connectivity index (χ1n) is 5.99. The summed E-state index contributed by atoms with van der Waals surface area (Å²) in [5.74, 6) is 0.236. The summed E-state index contributed by atoms with van der Waals surface area (Å²) in [5, 5.41) is 0. The van der Waals surface area contributed by atoms with E-state index >= 15 is 0 Å². The third kappa shape index (κ3) is 3.19. The van der Waals surface area contributed by atoms with Gasteiger partial charge in [-0.15, -0.1) is 0 Å². The molecule has 0 aromatic carbocycles. The van der Waals surface area contributed by atoms with Crippen molar-refractivity contribution >= 4 is 5.91 Å². The van der Waals surface area contributed by atoms with Crippen LogP contribution in [0.4, 0.5) is 0 Å². The van der Waals surface area contributed by atoms with Crippen molar-refractivity contribution in [3.05, 3.63) is 18.7 Å². The number of carbonyl (C=O) groups excluding carboxylic acids is 1. The van der Waals surface area contributed by atoms with Crippen LogP contribution >= 0.6 is 0 Å². The van der Waals surface area contributed by atoms with Gasteiger partial charge in [0.05, 0.1) is 0 Å². The number of hydrogen-bond donors (Lipinski definition) is 0. The Bertz CT molecular complexity index is 322. The molecule has 3 heteroatoms. The van der Waals surface area contributed by atoms with Crippen molar-refractivity contribution < 1.29 is 4.79 Å². The monoisotopic (exact) mass is 222 g/mol. The van der Waals surface area contributed by atoms with Gasteiger partial charge in [0.1, 0.15) is 6.33 Å². The molecule has 1 aromatic rings. The highest BCUT2D eigenvalue weighted by atomic mass is 16.2. The van der Waals surface area contributed by atoms with Gasteiger partial charge in [-0.1, -0.05) is 40.5 Å². The summed E-state index contributed by atoms with van der Waals surface area (Å²) >= 11 is 0. The number of imidazole rings is 1. The molecule has 0 amide bonds. The molecule has 0 fully saturated rings. The van der Waals surface area contributed by atoms with Crippen molar-refractivity contribution in [3.8, 4) is 0 Å². The zero-order valence-corrected chi connectivity index (χ0v) is 10.7. The lowest BCUT2D eigenvalue weighted by Crippen LogP contribution is -2.32. The smallest absolute Gasteiger partial charge is 0.235 e. The van der Waals surface area contributed by atoms with Gasteiger partial charge in [-0.2, -0.15) is 0 Å². The van der Waals surface area contributed by atoms with E-state index in [-0.39, 0.29) is 17.2 Å². The summed E-state index contributed by atoms with van der Waals surface area (Å²) in [6, 6.07) is 0. The molecule has 3 nitrogen and oxygen atoms in total. The summed E-state index contributed by atoms with van der Waals surface area (Å²) in [4.78, 5) is 16.2. The molecule has 0 aliphatic heterocycles. The van der Waals surface area contributed by atoms with Crippen LogP contribution in [0.3, 0.4) is 0 Å². The maximum Gasteiger partial charge on any atom is 0.235 e. The molecule has 1 aromatic heterocycles. The first-order chi connectivity index (χ1) is 7.46. The van der Waals surface area contributed by atoms with Crippen LogP contribution in [0.2, 0.25) is 0 Å². The first kappa shape index (κ1) is 12.9. The van der Waals surface area contributed by atoms with E-state index in [0.29, 0.717) is 0 Å². The summed E-state index contributed by atoms with van der Waals surface area (Å²) in [5.41, 5.74) is 0.0104. The number of carbonyl (C=O) groups is 1. The SMILES string of the molecule is CCCCC(C(=O)n1ccnc1)C(C)(C)C. The van der Waals surface area contributed by atoms with E-state index in [4.69, 9.17) is 0 Å². The number of hydrogen-bond acceptors (Lipinski definition) is 2. The van der Waals surface area contributed by atoms with Gasteiger partial charge in [0.15, 0.2) is 0 Å². The highest BCUT2D eigenvalue weighted by Gasteiger charge is 2.31. The second kappa shape index (κ2) is 5.28. The Morgan fingerprint density at radius 1 is 1.44 bits per heavy atom. The van der Waals surface area contributed by atoms with E-state index < -0.39 is 0 Å².